The quantitative estimate of drug-likeness (QED) is 0.845. The molecule has 4 heteroatoms. The lowest BCUT2D eigenvalue weighted by Gasteiger charge is -2.45. The van der Waals surface area contributed by atoms with Gasteiger partial charge in [-0.25, -0.2) is 0 Å². The Morgan fingerprint density at radius 3 is 1.52 bits per heavy atom. The van der Waals surface area contributed by atoms with Crippen LogP contribution in [0.2, 0.25) is 0 Å². The number of rotatable bonds is 2. The Hall–Kier alpha value is -2.36. The Kier molecular flexibility index (Phi) is 3.15. The summed E-state index contributed by atoms with van der Waals surface area (Å²) in [6.45, 7) is 2.96. The molecule has 4 nitrogen and oxygen atoms in total. The van der Waals surface area contributed by atoms with Crippen molar-refractivity contribution in [1.82, 2.24) is 0 Å². The molecular formula is C19H24N4. The van der Waals surface area contributed by atoms with E-state index in [1.165, 1.54) is 33.9 Å². The Morgan fingerprint density at radius 1 is 0.696 bits per heavy atom. The normalized spacial score (nSPS) is 15.1. The summed E-state index contributed by atoms with van der Waals surface area (Å²) in [6.07, 6.45) is 0. The fraction of sp³-hybridized carbons (Fsp3) is 0.368. The van der Waals surface area contributed by atoms with Gasteiger partial charge in [0.25, 0.3) is 0 Å². The molecule has 0 spiro atoms. The summed E-state index contributed by atoms with van der Waals surface area (Å²) in [5.74, 6) is 0. The van der Waals surface area contributed by atoms with Crippen LogP contribution in [-0.2, 0) is 13.1 Å². The second-order valence-corrected chi connectivity index (χ2v) is 6.95. The summed E-state index contributed by atoms with van der Waals surface area (Å²) in [4.78, 5) is 9.32. The molecule has 2 aliphatic heterocycles. The maximum absolute atomic E-state index is 2.49. The SMILES string of the molecule is CN(C)c1ccc2c(c1)CN1CN2Cc2cc(N(C)C)ccc21. The van der Waals surface area contributed by atoms with Crippen molar-refractivity contribution in [2.75, 3.05) is 54.5 Å². The molecule has 0 saturated carbocycles. The van der Waals surface area contributed by atoms with Gasteiger partial charge in [0.15, 0.2) is 0 Å². The van der Waals surface area contributed by atoms with Gasteiger partial charge < -0.3 is 19.6 Å². The Bertz CT molecular complexity index is 688. The van der Waals surface area contributed by atoms with Gasteiger partial charge >= 0.3 is 0 Å². The van der Waals surface area contributed by atoms with Crippen LogP contribution in [0.25, 0.3) is 0 Å². The molecule has 0 saturated heterocycles. The van der Waals surface area contributed by atoms with Gasteiger partial charge in [-0.15, -0.1) is 0 Å². The Morgan fingerprint density at radius 2 is 1.13 bits per heavy atom. The van der Waals surface area contributed by atoms with E-state index >= 15 is 0 Å². The zero-order valence-electron chi connectivity index (χ0n) is 14.4. The number of fused-ring (bicyclic) bond motifs is 6. The van der Waals surface area contributed by atoms with E-state index in [9.17, 15) is 0 Å². The zero-order chi connectivity index (χ0) is 16.1. The van der Waals surface area contributed by atoms with Crippen LogP contribution in [-0.4, -0.2) is 34.9 Å². The van der Waals surface area contributed by atoms with Crippen LogP contribution in [0.15, 0.2) is 36.4 Å². The fourth-order valence-electron chi connectivity index (χ4n) is 3.61. The molecule has 2 bridgehead atoms. The molecular weight excluding hydrogens is 284 g/mol. The predicted molar refractivity (Wildman–Crippen MR) is 98.8 cm³/mol. The number of benzene rings is 2. The minimum Gasteiger partial charge on any atom is -0.378 e. The highest BCUT2D eigenvalue weighted by atomic mass is 15.4. The fourth-order valence-corrected chi connectivity index (χ4v) is 3.61. The molecule has 0 amide bonds. The average Bonchev–Trinajstić information content (AvgIpc) is 2.53. The number of hydrogen-bond donors (Lipinski definition) is 0. The molecule has 0 atom stereocenters. The molecule has 0 fully saturated rings. The molecule has 2 heterocycles. The Balaban J connectivity index is 1.74. The van der Waals surface area contributed by atoms with Gasteiger partial charge in [-0.1, -0.05) is 0 Å². The first-order valence-electron chi connectivity index (χ1n) is 8.13. The van der Waals surface area contributed by atoms with Crippen LogP contribution in [0, 0.1) is 0 Å². The van der Waals surface area contributed by atoms with E-state index in [-0.39, 0.29) is 0 Å². The van der Waals surface area contributed by atoms with E-state index in [2.05, 4.69) is 84.2 Å². The van der Waals surface area contributed by atoms with Crippen LogP contribution in [0.1, 0.15) is 11.1 Å². The molecule has 0 aliphatic carbocycles. The molecule has 23 heavy (non-hydrogen) atoms. The van der Waals surface area contributed by atoms with Gasteiger partial charge in [0, 0.05) is 64.0 Å². The van der Waals surface area contributed by atoms with Crippen molar-refractivity contribution in [3.05, 3.63) is 47.5 Å². The number of nitrogens with zero attached hydrogens (tertiary/aromatic N) is 4. The van der Waals surface area contributed by atoms with Crippen molar-refractivity contribution >= 4 is 22.7 Å². The van der Waals surface area contributed by atoms with Crippen molar-refractivity contribution in [3.63, 3.8) is 0 Å². The molecule has 2 aromatic carbocycles. The first-order valence-corrected chi connectivity index (χ1v) is 8.13. The van der Waals surface area contributed by atoms with Crippen molar-refractivity contribution in [2.24, 2.45) is 0 Å². The summed E-state index contributed by atoms with van der Waals surface area (Å²) in [6, 6.07) is 13.7. The summed E-state index contributed by atoms with van der Waals surface area (Å²) in [5, 5.41) is 0. The Labute approximate surface area is 138 Å². The van der Waals surface area contributed by atoms with E-state index < -0.39 is 0 Å². The number of anilines is 4. The first-order chi connectivity index (χ1) is 11.0. The highest BCUT2D eigenvalue weighted by molar-refractivity contribution is 5.72. The second-order valence-electron chi connectivity index (χ2n) is 6.95. The third-order valence-electron chi connectivity index (χ3n) is 4.90. The van der Waals surface area contributed by atoms with Crippen molar-refractivity contribution < 1.29 is 0 Å². The van der Waals surface area contributed by atoms with Crippen molar-refractivity contribution in [2.45, 2.75) is 13.1 Å². The minimum atomic E-state index is 0.988. The minimum absolute atomic E-state index is 0.988. The van der Waals surface area contributed by atoms with Crippen molar-refractivity contribution in [1.29, 1.82) is 0 Å². The molecule has 2 aromatic rings. The number of hydrogen-bond acceptors (Lipinski definition) is 4. The monoisotopic (exact) mass is 308 g/mol. The molecule has 0 N–H and O–H groups in total. The van der Waals surface area contributed by atoms with Gasteiger partial charge in [0.05, 0.1) is 6.67 Å². The lowest BCUT2D eigenvalue weighted by atomic mass is 10.0. The van der Waals surface area contributed by atoms with E-state index in [1.807, 2.05) is 0 Å². The van der Waals surface area contributed by atoms with Gasteiger partial charge in [-0.3, -0.25) is 0 Å². The maximum Gasteiger partial charge on any atom is 0.0910 e. The molecule has 4 rings (SSSR count). The molecule has 120 valence electrons. The molecule has 0 unspecified atom stereocenters. The highest BCUT2D eigenvalue weighted by Crippen LogP contribution is 2.40. The molecule has 0 aromatic heterocycles. The maximum atomic E-state index is 2.49. The van der Waals surface area contributed by atoms with E-state index in [4.69, 9.17) is 0 Å². The summed E-state index contributed by atoms with van der Waals surface area (Å²) >= 11 is 0. The predicted octanol–water partition coefficient (Wildman–Crippen LogP) is 3.12. The second kappa shape index (κ2) is 5.08. The third kappa shape index (κ3) is 2.29. The topological polar surface area (TPSA) is 13.0 Å². The van der Waals surface area contributed by atoms with Gasteiger partial charge in [-0.2, -0.15) is 0 Å². The highest BCUT2D eigenvalue weighted by Gasteiger charge is 2.29. The summed E-state index contributed by atoms with van der Waals surface area (Å²) in [5.41, 5.74) is 8.15. The largest absolute Gasteiger partial charge is 0.378 e. The zero-order valence-corrected chi connectivity index (χ0v) is 14.4. The van der Waals surface area contributed by atoms with Crippen LogP contribution in [0.4, 0.5) is 22.7 Å². The molecule has 2 aliphatic rings. The summed E-state index contributed by atoms with van der Waals surface area (Å²) < 4.78 is 0. The lowest BCUT2D eigenvalue weighted by Crippen LogP contribution is -2.46. The van der Waals surface area contributed by atoms with Gasteiger partial charge in [-0.05, 0) is 47.5 Å². The standard InChI is InChI=1S/C19H24N4/c1-20(2)16-5-7-18-14(9-16)11-22-13-23(18)12-15-10-17(21(3)4)6-8-19(15)22/h5-10H,11-13H2,1-4H3. The van der Waals surface area contributed by atoms with Crippen molar-refractivity contribution in [3.8, 4) is 0 Å². The van der Waals surface area contributed by atoms with Gasteiger partial charge in [0.1, 0.15) is 0 Å². The lowest BCUT2D eigenvalue weighted by molar-refractivity contribution is 0.651. The van der Waals surface area contributed by atoms with Crippen LogP contribution in [0.3, 0.4) is 0 Å². The van der Waals surface area contributed by atoms with Gasteiger partial charge in [0.2, 0.25) is 0 Å². The third-order valence-corrected chi connectivity index (χ3v) is 4.90. The van der Waals surface area contributed by atoms with Crippen LogP contribution < -0.4 is 19.6 Å². The molecule has 0 radical (unpaired) electrons. The van der Waals surface area contributed by atoms with Crippen LogP contribution >= 0.6 is 0 Å². The van der Waals surface area contributed by atoms with E-state index in [0.29, 0.717) is 0 Å². The summed E-state index contributed by atoms with van der Waals surface area (Å²) in [7, 11) is 8.40. The smallest absolute Gasteiger partial charge is 0.0910 e. The van der Waals surface area contributed by atoms with E-state index in [0.717, 1.165) is 19.8 Å². The van der Waals surface area contributed by atoms with Crippen LogP contribution in [0.5, 0.6) is 0 Å². The first kappa shape index (κ1) is 14.2. The average molecular weight is 308 g/mol. The van der Waals surface area contributed by atoms with E-state index in [1.54, 1.807) is 0 Å².